The molecule has 1 aromatic rings. The van der Waals surface area contributed by atoms with E-state index >= 15 is 0 Å². The maximum atomic E-state index is 13.2. The molecule has 0 saturated heterocycles. The zero-order valence-corrected chi connectivity index (χ0v) is 15.5. The summed E-state index contributed by atoms with van der Waals surface area (Å²) < 4.78 is 0. The third-order valence-electron chi connectivity index (χ3n) is 5.02. The Morgan fingerprint density at radius 3 is 2.23 bits per heavy atom. The molecule has 1 amide bonds. The van der Waals surface area contributed by atoms with Crippen LogP contribution in [-0.4, -0.2) is 12.5 Å². The molecule has 0 aliphatic rings. The van der Waals surface area contributed by atoms with E-state index in [0.29, 0.717) is 0 Å². The lowest BCUT2D eigenvalue weighted by Crippen LogP contribution is -2.48. The minimum atomic E-state index is -0.400. The molecule has 0 saturated carbocycles. The van der Waals surface area contributed by atoms with Crippen molar-refractivity contribution >= 4 is 11.6 Å². The van der Waals surface area contributed by atoms with Gasteiger partial charge in [-0.3, -0.25) is 4.79 Å². The second-order valence-electron chi connectivity index (χ2n) is 7.71. The molecule has 0 spiro atoms. The van der Waals surface area contributed by atoms with Crippen molar-refractivity contribution in [3.8, 4) is 0 Å². The van der Waals surface area contributed by atoms with Gasteiger partial charge in [0.25, 0.3) is 0 Å². The fourth-order valence-electron chi connectivity index (χ4n) is 2.27. The molecule has 0 radical (unpaired) electrons. The molecule has 0 unspecified atom stereocenters. The topological polar surface area (TPSA) is 20.3 Å². The van der Waals surface area contributed by atoms with Crippen molar-refractivity contribution < 1.29 is 4.79 Å². The minimum absolute atomic E-state index is 0.0725. The van der Waals surface area contributed by atoms with Gasteiger partial charge in [-0.1, -0.05) is 67.0 Å². The number of unbranched alkanes of at least 4 members (excludes halogenated alkanes) is 1. The fraction of sp³-hybridized carbons (Fsp3) is 0.650. The summed E-state index contributed by atoms with van der Waals surface area (Å²) in [5.41, 5.74) is 1.84. The van der Waals surface area contributed by atoms with Gasteiger partial charge in [0.05, 0.1) is 0 Å². The monoisotopic (exact) mass is 303 g/mol. The first kappa shape index (κ1) is 18.7. The van der Waals surface area contributed by atoms with Gasteiger partial charge in [0.1, 0.15) is 0 Å². The zero-order valence-electron chi connectivity index (χ0n) is 15.5. The Balaban J connectivity index is 3.19. The van der Waals surface area contributed by atoms with Gasteiger partial charge >= 0.3 is 0 Å². The molecule has 0 aliphatic heterocycles. The van der Waals surface area contributed by atoms with Crippen LogP contribution in [0, 0.1) is 10.8 Å². The highest BCUT2D eigenvalue weighted by Gasteiger charge is 2.42. The average molecular weight is 303 g/mol. The summed E-state index contributed by atoms with van der Waals surface area (Å²) in [5.74, 6) is 0.224. The number of aryl methyl sites for hydroxylation is 1. The summed E-state index contributed by atoms with van der Waals surface area (Å²) in [4.78, 5) is 15.2. The molecule has 0 atom stereocenters. The van der Waals surface area contributed by atoms with Crippen molar-refractivity contribution in [2.24, 2.45) is 10.8 Å². The molecule has 0 aliphatic carbocycles. The molecular weight excluding hydrogens is 270 g/mol. The van der Waals surface area contributed by atoms with Gasteiger partial charge in [-0.2, -0.15) is 0 Å². The Labute approximate surface area is 136 Å². The quantitative estimate of drug-likeness (QED) is 0.684. The predicted molar refractivity (Wildman–Crippen MR) is 96.3 cm³/mol. The van der Waals surface area contributed by atoms with Gasteiger partial charge in [-0.15, -0.1) is 0 Å². The number of amides is 1. The van der Waals surface area contributed by atoms with Crippen LogP contribution in [0.2, 0.25) is 0 Å². The van der Waals surface area contributed by atoms with Crippen molar-refractivity contribution in [1.29, 1.82) is 0 Å². The highest BCUT2D eigenvalue weighted by molar-refractivity contribution is 5.97. The lowest BCUT2D eigenvalue weighted by molar-refractivity contribution is -0.131. The Bertz CT molecular complexity index is 497. The first-order chi connectivity index (χ1) is 10.1. The van der Waals surface area contributed by atoms with Crippen LogP contribution in [0.5, 0.6) is 0 Å². The van der Waals surface area contributed by atoms with Crippen LogP contribution in [0.1, 0.15) is 66.9 Å². The van der Waals surface area contributed by atoms with Gasteiger partial charge in [-0.25, -0.2) is 0 Å². The Hall–Kier alpha value is -1.31. The smallest absolute Gasteiger partial charge is 0.233 e. The summed E-state index contributed by atoms with van der Waals surface area (Å²) in [6.45, 7) is 15.7. The molecule has 0 bridgehead atoms. The highest BCUT2D eigenvalue weighted by atomic mass is 16.2. The first-order valence-electron chi connectivity index (χ1n) is 8.56. The van der Waals surface area contributed by atoms with Gasteiger partial charge in [0.15, 0.2) is 0 Å². The lowest BCUT2D eigenvalue weighted by Gasteiger charge is -2.41. The molecular formula is C20H33NO. The van der Waals surface area contributed by atoms with Crippen LogP contribution in [0.4, 0.5) is 5.69 Å². The number of carbonyl (C=O) groups excluding carboxylic acids is 1. The molecule has 1 aromatic carbocycles. The lowest BCUT2D eigenvalue weighted by atomic mass is 9.68. The summed E-state index contributed by atoms with van der Waals surface area (Å²) >= 11 is 0. The summed E-state index contributed by atoms with van der Waals surface area (Å²) in [7, 11) is 0. The number of rotatable bonds is 6. The average Bonchev–Trinajstić information content (AvgIpc) is 2.46. The van der Waals surface area contributed by atoms with Gasteiger partial charge in [-0.05, 0) is 36.0 Å². The van der Waals surface area contributed by atoms with Crippen LogP contribution < -0.4 is 4.90 Å². The predicted octanol–water partition coefficient (Wildman–Crippen LogP) is 5.45. The maximum absolute atomic E-state index is 13.2. The van der Waals surface area contributed by atoms with Gasteiger partial charge in [0, 0.05) is 17.6 Å². The van der Waals surface area contributed by atoms with Gasteiger partial charge < -0.3 is 4.90 Å². The number of carbonyl (C=O) groups is 1. The molecule has 2 nitrogen and oxygen atoms in total. The van der Waals surface area contributed by atoms with Crippen LogP contribution in [-0.2, 0) is 11.2 Å². The molecule has 0 aromatic heterocycles. The third kappa shape index (κ3) is 4.12. The minimum Gasteiger partial charge on any atom is -0.312 e. The number of anilines is 1. The normalized spacial score (nSPS) is 12.3. The molecule has 0 fully saturated rings. The molecule has 22 heavy (non-hydrogen) atoms. The summed E-state index contributed by atoms with van der Waals surface area (Å²) in [6, 6.07) is 8.41. The second-order valence-corrected chi connectivity index (χ2v) is 7.71. The largest absolute Gasteiger partial charge is 0.312 e. The second kappa shape index (κ2) is 7.30. The van der Waals surface area contributed by atoms with E-state index < -0.39 is 5.41 Å². The van der Waals surface area contributed by atoms with Crippen molar-refractivity contribution in [1.82, 2.24) is 0 Å². The van der Waals surface area contributed by atoms with Crippen molar-refractivity contribution in [3.05, 3.63) is 29.8 Å². The zero-order chi connectivity index (χ0) is 17.0. The van der Waals surface area contributed by atoms with Crippen LogP contribution in [0.3, 0.4) is 0 Å². The molecule has 2 heteroatoms. The van der Waals surface area contributed by atoms with Crippen molar-refractivity contribution in [2.45, 2.75) is 67.7 Å². The van der Waals surface area contributed by atoms with E-state index in [9.17, 15) is 4.79 Å². The Kier molecular flexibility index (Phi) is 6.22. The molecule has 1 rings (SSSR count). The molecule has 0 heterocycles. The Morgan fingerprint density at radius 2 is 1.73 bits per heavy atom. The summed E-state index contributed by atoms with van der Waals surface area (Å²) in [5, 5.41) is 0. The number of benzene rings is 1. The van der Waals surface area contributed by atoms with E-state index in [4.69, 9.17) is 0 Å². The van der Waals surface area contributed by atoms with E-state index in [2.05, 4.69) is 72.7 Å². The highest BCUT2D eigenvalue weighted by Crippen LogP contribution is 2.40. The first-order valence-corrected chi connectivity index (χ1v) is 8.56. The third-order valence-corrected chi connectivity index (χ3v) is 5.02. The number of hydrogen-bond donors (Lipinski definition) is 0. The standard InChI is InChI=1S/C20H33NO/c1-8-10-14-21(17-13-11-12-16(9-2)15-17)18(22)20(6,7)19(3,4)5/h11-13,15H,8-10,14H2,1-7H3. The summed E-state index contributed by atoms with van der Waals surface area (Å²) in [6.07, 6.45) is 3.11. The van der Waals surface area contributed by atoms with Crippen molar-refractivity contribution in [3.63, 3.8) is 0 Å². The van der Waals surface area contributed by atoms with E-state index in [-0.39, 0.29) is 11.3 Å². The van der Waals surface area contributed by atoms with E-state index in [1.807, 2.05) is 4.90 Å². The van der Waals surface area contributed by atoms with E-state index in [0.717, 1.165) is 31.5 Å². The van der Waals surface area contributed by atoms with Crippen LogP contribution >= 0.6 is 0 Å². The Morgan fingerprint density at radius 1 is 1.09 bits per heavy atom. The molecule has 0 N–H and O–H groups in total. The van der Waals surface area contributed by atoms with Crippen molar-refractivity contribution in [2.75, 3.05) is 11.4 Å². The van der Waals surface area contributed by atoms with E-state index in [1.165, 1.54) is 5.56 Å². The SMILES string of the molecule is CCCCN(C(=O)C(C)(C)C(C)(C)C)c1cccc(CC)c1. The van der Waals surface area contributed by atoms with Crippen LogP contribution in [0.25, 0.3) is 0 Å². The molecule has 124 valence electrons. The number of nitrogens with zero attached hydrogens (tertiary/aromatic N) is 1. The van der Waals surface area contributed by atoms with E-state index in [1.54, 1.807) is 0 Å². The fourth-order valence-corrected chi connectivity index (χ4v) is 2.27. The maximum Gasteiger partial charge on any atom is 0.233 e. The number of hydrogen-bond acceptors (Lipinski definition) is 1. The van der Waals surface area contributed by atoms with Crippen LogP contribution in [0.15, 0.2) is 24.3 Å². The van der Waals surface area contributed by atoms with Gasteiger partial charge in [0.2, 0.25) is 5.91 Å².